The zero-order valence-corrected chi connectivity index (χ0v) is 16.8. The number of phenolic OH excluding ortho intramolecular Hbond substituents is 1. The van der Waals surface area contributed by atoms with Gasteiger partial charge in [-0.3, -0.25) is 0 Å². The highest BCUT2D eigenvalue weighted by atomic mass is 32.1. The van der Waals surface area contributed by atoms with E-state index in [-0.39, 0.29) is 5.75 Å². The van der Waals surface area contributed by atoms with Crippen molar-refractivity contribution in [3.8, 4) is 22.6 Å². The number of aryl methyl sites for hydroxylation is 2. The molecule has 0 unspecified atom stereocenters. The van der Waals surface area contributed by atoms with Crippen LogP contribution in [0.1, 0.15) is 17.6 Å². The van der Waals surface area contributed by atoms with Gasteiger partial charge in [-0.2, -0.15) is 0 Å². The molecule has 2 aromatic carbocycles. The Morgan fingerprint density at radius 3 is 2.39 bits per heavy atom. The van der Waals surface area contributed by atoms with Crippen LogP contribution in [-0.2, 0) is 0 Å². The zero-order chi connectivity index (χ0) is 19.7. The highest BCUT2D eigenvalue weighted by Crippen LogP contribution is 2.41. The molecule has 2 heterocycles. The van der Waals surface area contributed by atoms with Crippen molar-refractivity contribution in [3.05, 3.63) is 59.2 Å². The quantitative estimate of drug-likeness (QED) is 0.419. The Bertz CT molecular complexity index is 1120. The van der Waals surface area contributed by atoms with Crippen LogP contribution in [0.5, 0.6) is 11.5 Å². The lowest BCUT2D eigenvalue weighted by atomic mass is 10.0. The van der Waals surface area contributed by atoms with Crippen molar-refractivity contribution >= 4 is 33.1 Å². The maximum Gasteiger partial charge on any atom is 0.143 e. The lowest BCUT2D eigenvalue weighted by Gasteiger charge is -2.11. The Hall–Kier alpha value is -3.12. The average molecular weight is 391 g/mol. The second-order valence-electron chi connectivity index (χ2n) is 6.46. The number of aromatic nitrogens is 2. The number of hydrogen-bond donors (Lipinski definition) is 2. The fourth-order valence-corrected chi connectivity index (χ4v) is 4.31. The number of ether oxygens (including phenoxy) is 1. The maximum absolute atomic E-state index is 9.53. The predicted molar refractivity (Wildman–Crippen MR) is 115 cm³/mol. The van der Waals surface area contributed by atoms with Gasteiger partial charge < -0.3 is 15.2 Å². The van der Waals surface area contributed by atoms with E-state index in [0.717, 1.165) is 38.6 Å². The molecule has 0 spiro atoms. The SMILES string of the molecule is CCOc1ccc(-c2c(C)sc3nc(C)nc(Nc4ccc(O)cc4)c23)cc1. The number of thiophene rings is 1. The minimum absolute atomic E-state index is 0.232. The van der Waals surface area contributed by atoms with E-state index >= 15 is 0 Å². The third kappa shape index (κ3) is 3.51. The van der Waals surface area contributed by atoms with Crippen molar-refractivity contribution in [1.29, 1.82) is 0 Å². The summed E-state index contributed by atoms with van der Waals surface area (Å²) in [6, 6.07) is 15.1. The van der Waals surface area contributed by atoms with Crippen molar-refractivity contribution in [2.75, 3.05) is 11.9 Å². The summed E-state index contributed by atoms with van der Waals surface area (Å²) < 4.78 is 5.57. The molecule has 5 nitrogen and oxygen atoms in total. The lowest BCUT2D eigenvalue weighted by molar-refractivity contribution is 0.340. The van der Waals surface area contributed by atoms with E-state index in [9.17, 15) is 5.11 Å². The molecular formula is C22H21N3O2S. The third-order valence-corrected chi connectivity index (χ3v) is 5.42. The largest absolute Gasteiger partial charge is 0.508 e. The van der Waals surface area contributed by atoms with Gasteiger partial charge >= 0.3 is 0 Å². The molecule has 0 bridgehead atoms. The molecule has 28 heavy (non-hydrogen) atoms. The molecule has 0 amide bonds. The third-order valence-electron chi connectivity index (χ3n) is 4.42. The van der Waals surface area contributed by atoms with Crippen molar-refractivity contribution in [1.82, 2.24) is 9.97 Å². The molecule has 0 atom stereocenters. The summed E-state index contributed by atoms with van der Waals surface area (Å²) in [6.07, 6.45) is 0. The number of rotatable bonds is 5. The van der Waals surface area contributed by atoms with Crippen LogP contribution < -0.4 is 10.1 Å². The van der Waals surface area contributed by atoms with Crippen LogP contribution in [0, 0.1) is 13.8 Å². The molecule has 0 radical (unpaired) electrons. The molecule has 0 saturated heterocycles. The highest BCUT2D eigenvalue weighted by Gasteiger charge is 2.18. The van der Waals surface area contributed by atoms with Crippen LogP contribution in [-0.4, -0.2) is 21.7 Å². The smallest absolute Gasteiger partial charge is 0.143 e. The van der Waals surface area contributed by atoms with Crippen LogP contribution in [0.3, 0.4) is 0 Å². The number of fused-ring (bicyclic) bond motifs is 1. The average Bonchev–Trinajstić information content (AvgIpc) is 3.00. The molecule has 0 fully saturated rings. The van der Waals surface area contributed by atoms with Crippen LogP contribution >= 0.6 is 11.3 Å². The summed E-state index contributed by atoms with van der Waals surface area (Å²) in [5.41, 5.74) is 3.09. The van der Waals surface area contributed by atoms with Gasteiger partial charge in [0.25, 0.3) is 0 Å². The Morgan fingerprint density at radius 2 is 1.71 bits per heavy atom. The number of anilines is 2. The van der Waals surface area contributed by atoms with Gasteiger partial charge in [-0.05, 0) is 62.7 Å². The maximum atomic E-state index is 9.53. The molecule has 0 saturated carbocycles. The Morgan fingerprint density at radius 1 is 1.00 bits per heavy atom. The normalized spacial score (nSPS) is 11.0. The van der Waals surface area contributed by atoms with Crippen molar-refractivity contribution in [2.24, 2.45) is 0 Å². The van der Waals surface area contributed by atoms with Crippen molar-refractivity contribution < 1.29 is 9.84 Å². The van der Waals surface area contributed by atoms with Gasteiger partial charge in [-0.1, -0.05) is 12.1 Å². The lowest BCUT2D eigenvalue weighted by Crippen LogP contribution is -1.98. The standard InChI is InChI=1S/C22H21N3O2S/c1-4-27-18-11-5-15(6-12-18)19-13(2)28-22-20(19)21(23-14(3)24-22)25-16-7-9-17(26)10-8-16/h5-12,26H,4H2,1-3H3,(H,23,24,25). The van der Waals surface area contributed by atoms with E-state index in [1.54, 1.807) is 23.5 Å². The first-order valence-corrected chi connectivity index (χ1v) is 9.94. The van der Waals surface area contributed by atoms with E-state index in [2.05, 4.69) is 34.3 Å². The second kappa shape index (κ2) is 7.48. The minimum Gasteiger partial charge on any atom is -0.508 e. The molecule has 6 heteroatoms. The van der Waals surface area contributed by atoms with E-state index in [1.165, 1.54) is 4.88 Å². The molecule has 0 aliphatic heterocycles. The summed E-state index contributed by atoms with van der Waals surface area (Å²) in [5, 5.41) is 13.9. The van der Waals surface area contributed by atoms with Gasteiger partial charge in [0.2, 0.25) is 0 Å². The first kappa shape index (κ1) is 18.3. The van der Waals surface area contributed by atoms with Crippen molar-refractivity contribution in [2.45, 2.75) is 20.8 Å². The summed E-state index contributed by atoms with van der Waals surface area (Å²) in [6.45, 7) is 6.63. The van der Waals surface area contributed by atoms with Gasteiger partial charge in [-0.15, -0.1) is 11.3 Å². The monoisotopic (exact) mass is 391 g/mol. The molecule has 142 valence electrons. The Balaban J connectivity index is 1.84. The highest BCUT2D eigenvalue weighted by molar-refractivity contribution is 7.19. The summed E-state index contributed by atoms with van der Waals surface area (Å²) in [4.78, 5) is 11.5. The summed E-state index contributed by atoms with van der Waals surface area (Å²) >= 11 is 1.67. The van der Waals surface area contributed by atoms with Gasteiger partial charge in [-0.25, -0.2) is 9.97 Å². The minimum atomic E-state index is 0.232. The number of benzene rings is 2. The van der Waals surface area contributed by atoms with E-state index in [4.69, 9.17) is 4.74 Å². The first-order chi connectivity index (χ1) is 13.5. The second-order valence-corrected chi connectivity index (χ2v) is 7.67. The topological polar surface area (TPSA) is 67.3 Å². The molecule has 4 aromatic rings. The Kier molecular flexibility index (Phi) is 4.88. The van der Waals surface area contributed by atoms with Crippen LogP contribution in [0.25, 0.3) is 21.3 Å². The zero-order valence-electron chi connectivity index (χ0n) is 16.0. The predicted octanol–water partition coefficient (Wildman–Crippen LogP) is 5.82. The molecular weight excluding hydrogens is 370 g/mol. The molecule has 4 rings (SSSR count). The number of nitrogens with one attached hydrogen (secondary N) is 1. The van der Waals surface area contributed by atoms with Gasteiger partial charge in [0.05, 0.1) is 12.0 Å². The summed E-state index contributed by atoms with van der Waals surface area (Å²) in [5.74, 6) is 2.57. The fraction of sp³-hybridized carbons (Fsp3) is 0.182. The Labute approximate surface area is 167 Å². The first-order valence-electron chi connectivity index (χ1n) is 9.12. The fourth-order valence-electron chi connectivity index (χ4n) is 3.22. The van der Waals surface area contributed by atoms with Gasteiger partial charge in [0.15, 0.2) is 0 Å². The van der Waals surface area contributed by atoms with E-state index in [1.807, 2.05) is 38.1 Å². The van der Waals surface area contributed by atoms with Gasteiger partial charge in [0, 0.05) is 16.1 Å². The van der Waals surface area contributed by atoms with E-state index in [0.29, 0.717) is 12.4 Å². The molecule has 2 aromatic heterocycles. The number of nitrogens with zero attached hydrogens (tertiary/aromatic N) is 2. The summed E-state index contributed by atoms with van der Waals surface area (Å²) in [7, 11) is 0. The van der Waals surface area contributed by atoms with E-state index < -0.39 is 0 Å². The van der Waals surface area contributed by atoms with Crippen LogP contribution in [0.15, 0.2) is 48.5 Å². The molecule has 0 aliphatic carbocycles. The number of aromatic hydroxyl groups is 1. The molecule has 0 aliphatic rings. The van der Waals surface area contributed by atoms with Gasteiger partial charge in [0.1, 0.15) is 28.0 Å². The van der Waals surface area contributed by atoms with Crippen LogP contribution in [0.4, 0.5) is 11.5 Å². The number of phenols is 1. The molecule has 2 N–H and O–H groups in total. The van der Waals surface area contributed by atoms with Crippen LogP contribution in [0.2, 0.25) is 0 Å². The number of hydrogen-bond acceptors (Lipinski definition) is 6. The van der Waals surface area contributed by atoms with Crippen molar-refractivity contribution in [3.63, 3.8) is 0 Å².